The van der Waals surface area contributed by atoms with E-state index in [4.69, 9.17) is 0 Å². The fraction of sp³-hybridized carbons (Fsp3) is 0.667. The van der Waals surface area contributed by atoms with Gasteiger partial charge in [-0.15, -0.1) is 0 Å². The number of hydrogen-bond donors (Lipinski definition) is 0. The summed E-state index contributed by atoms with van der Waals surface area (Å²) in [7, 11) is 0. The van der Waals surface area contributed by atoms with Crippen LogP contribution in [0, 0.1) is 5.92 Å². The molecule has 0 atom stereocenters. The monoisotopic (exact) mass is 137 g/mol. The van der Waals surface area contributed by atoms with Crippen molar-refractivity contribution < 1.29 is 0 Å². The molecule has 0 N–H and O–H groups in total. The Bertz CT molecular complexity index is 148. The van der Waals surface area contributed by atoms with Crippen molar-refractivity contribution in [1.82, 2.24) is 0 Å². The van der Waals surface area contributed by atoms with Gasteiger partial charge in [0.15, 0.2) is 0 Å². The van der Waals surface area contributed by atoms with Crippen LogP contribution in [0.5, 0.6) is 0 Å². The van der Waals surface area contributed by atoms with Crippen LogP contribution in [0.2, 0.25) is 0 Å². The molecule has 1 nitrogen and oxygen atoms in total. The zero-order valence-corrected chi connectivity index (χ0v) is 6.80. The number of rotatable bonds is 3. The van der Waals surface area contributed by atoms with Crippen LogP contribution in [0.15, 0.2) is 16.8 Å². The molecule has 0 spiro atoms. The Morgan fingerprint density at radius 1 is 1.50 bits per heavy atom. The molecular formula is C9H15N. The third kappa shape index (κ3) is 3.44. The van der Waals surface area contributed by atoms with E-state index in [9.17, 15) is 0 Å². The minimum Gasteiger partial charge on any atom is -0.269 e. The molecular weight excluding hydrogens is 122 g/mol. The summed E-state index contributed by atoms with van der Waals surface area (Å²) in [6.07, 6.45) is 7.97. The second kappa shape index (κ2) is 3.55. The van der Waals surface area contributed by atoms with Crippen molar-refractivity contribution in [3.8, 4) is 0 Å². The molecule has 0 aliphatic heterocycles. The van der Waals surface area contributed by atoms with Crippen molar-refractivity contribution in [3.05, 3.63) is 11.8 Å². The number of nitrogens with zero attached hydrogens (tertiary/aromatic N) is 1. The van der Waals surface area contributed by atoms with E-state index >= 15 is 0 Å². The van der Waals surface area contributed by atoms with Crippen molar-refractivity contribution in [3.63, 3.8) is 0 Å². The predicted molar refractivity (Wildman–Crippen MR) is 45.3 cm³/mol. The van der Waals surface area contributed by atoms with Gasteiger partial charge in [0.2, 0.25) is 0 Å². The Labute approximate surface area is 62.9 Å². The lowest BCUT2D eigenvalue weighted by Gasteiger charge is -1.84. The predicted octanol–water partition coefficient (Wildman–Crippen LogP) is 2.78. The summed E-state index contributed by atoms with van der Waals surface area (Å²) in [5.41, 5.74) is 1.27. The molecule has 56 valence electrons. The molecule has 0 unspecified atom stereocenters. The molecule has 1 fully saturated rings. The molecule has 1 rings (SSSR count). The van der Waals surface area contributed by atoms with Crippen LogP contribution >= 0.6 is 0 Å². The molecule has 0 bridgehead atoms. The van der Waals surface area contributed by atoms with E-state index in [1.807, 2.05) is 12.4 Å². The average molecular weight is 137 g/mol. The van der Waals surface area contributed by atoms with E-state index in [1.54, 1.807) is 0 Å². The van der Waals surface area contributed by atoms with E-state index in [-0.39, 0.29) is 0 Å². The van der Waals surface area contributed by atoms with Gasteiger partial charge in [-0.25, -0.2) is 0 Å². The SMILES string of the molecule is CC(C)=C/N=C/CC1CC1. The largest absolute Gasteiger partial charge is 0.269 e. The highest BCUT2D eigenvalue weighted by Crippen LogP contribution is 2.31. The molecule has 10 heavy (non-hydrogen) atoms. The summed E-state index contributed by atoms with van der Waals surface area (Å²) in [6, 6.07) is 0. The number of aliphatic imine (C=N–C) groups is 1. The van der Waals surface area contributed by atoms with Crippen molar-refractivity contribution in [2.45, 2.75) is 33.1 Å². The van der Waals surface area contributed by atoms with Crippen molar-refractivity contribution in [2.24, 2.45) is 10.9 Å². The average Bonchev–Trinajstić information content (AvgIpc) is 2.62. The van der Waals surface area contributed by atoms with E-state index < -0.39 is 0 Å². The first-order valence-electron chi connectivity index (χ1n) is 3.94. The lowest BCUT2D eigenvalue weighted by molar-refractivity contribution is 0.907. The summed E-state index contributed by atoms with van der Waals surface area (Å²) in [6.45, 7) is 4.13. The molecule has 1 aliphatic rings. The van der Waals surface area contributed by atoms with Gasteiger partial charge in [0.1, 0.15) is 0 Å². The van der Waals surface area contributed by atoms with Gasteiger partial charge in [0.05, 0.1) is 0 Å². The highest BCUT2D eigenvalue weighted by atomic mass is 14.7. The molecule has 0 aromatic heterocycles. The number of allylic oxidation sites excluding steroid dienone is 1. The summed E-state index contributed by atoms with van der Waals surface area (Å²) in [5, 5.41) is 0. The van der Waals surface area contributed by atoms with Crippen LogP contribution < -0.4 is 0 Å². The van der Waals surface area contributed by atoms with Crippen molar-refractivity contribution in [2.75, 3.05) is 0 Å². The van der Waals surface area contributed by atoms with Crippen molar-refractivity contribution in [1.29, 1.82) is 0 Å². The smallest absolute Gasteiger partial charge is 0.0250 e. The Morgan fingerprint density at radius 3 is 2.70 bits per heavy atom. The Kier molecular flexibility index (Phi) is 2.67. The maximum Gasteiger partial charge on any atom is 0.0250 e. The normalized spacial score (nSPS) is 17.8. The minimum atomic E-state index is 0.967. The van der Waals surface area contributed by atoms with Crippen LogP contribution in [-0.4, -0.2) is 6.21 Å². The Hall–Kier alpha value is -0.590. The van der Waals surface area contributed by atoms with Crippen LogP contribution in [0.3, 0.4) is 0 Å². The van der Waals surface area contributed by atoms with E-state index in [0.29, 0.717) is 0 Å². The lowest BCUT2D eigenvalue weighted by atomic mass is 10.3. The highest BCUT2D eigenvalue weighted by Gasteiger charge is 2.18. The molecule has 0 amide bonds. The van der Waals surface area contributed by atoms with Crippen LogP contribution in [0.1, 0.15) is 33.1 Å². The molecule has 0 saturated heterocycles. The first-order chi connectivity index (χ1) is 4.79. The van der Waals surface area contributed by atoms with E-state index in [1.165, 1.54) is 24.8 Å². The van der Waals surface area contributed by atoms with E-state index in [0.717, 1.165) is 5.92 Å². The third-order valence-corrected chi connectivity index (χ3v) is 1.57. The second-order valence-corrected chi connectivity index (χ2v) is 3.22. The van der Waals surface area contributed by atoms with Gasteiger partial charge in [0.25, 0.3) is 0 Å². The maximum absolute atomic E-state index is 4.16. The quantitative estimate of drug-likeness (QED) is 0.530. The van der Waals surface area contributed by atoms with Crippen molar-refractivity contribution >= 4 is 6.21 Å². The molecule has 1 saturated carbocycles. The van der Waals surface area contributed by atoms with Crippen LogP contribution in [0.25, 0.3) is 0 Å². The lowest BCUT2D eigenvalue weighted by Crippen LogP contribution is -1.75. The van der Waals surface area contributed by atoms with E-state index in [2.05, 4.69) is 18.8 Å². The zero-order valence-electron chi connectivity index (χ0n) is 6.80. The fourth-order valence-corrected chi connectivity index (χ4v) is 0.765. The maximum atomic E-state index is 4.16. The van der Waals surface area contributed by atoms with Gasteiger partial charge >= 0.3 is 0 Å². The van der Waals surface area contributed by atoms with Gasteiger partial charge in [0, 0.05) is 12.4 Å². The third-order valence-electron chi connectivity index (χ3n) is 1.57. The zero-order chi connectivity index (χ0) is 7.40. The van der Waals surface area contributed by atoms with Gasteiger partial charge in [-0.1, -0.05) is 5.57 Å². The van der Waals surface area contributed by atoms with Gasteiger partial charge in [-0.3, -0.25) is 4.99 Å². The summed E-state index contributed by atoms with van der Waals surface area (Å²) < 4.78 is 0. The van der Waals surface area contributed by atoms with Crippen LogP contribution in [0.4, 0.5) is 0 Å². The van der Waals surface area contributed by atoms with Gasteiger partial charge < -0.3 is 0 Å². The standard InChI is InChI=1S/C9H15N/c1-8(2)7-10-6-5-9-3-4-9/h6-7,9H,3-5H2,1-2H3/b10-6+. The molecule has 0 radical (unpaired) electrons. The summed E-state index contributed by atoms with van der Waals surface area (Å²) >= 11 is 0. The topological polar surface area (TPSA) is 12.4 Å². The second-order valence-electron chi connectivity index (χ2n) is 3.22. The first-order valence-corrected chi connectivity index (χ1v) is 3.94. The molecule has 0 aromatic rings. The van der Waals surface area contributed by atoms with Crippen LogP contribution in [-0.2, 0) is 0 Å². The Morgan fingerprint density at radius 2 is 2.20 bits per heavy atom. The molecule has 1 heteroatoms. The molecule has 0 heterocycles. The molecule has 0 aromatic carbocycles. The molecule has 1 aliphatic carbocycles. The highest BCUT2D eigenvalue weighted by molar-refractivity contribution is 5.58. The Balaban J connectivity index is 2.09. The summed E-state index contributed by atoms with van der Waals surface area (Å²) in [4.78, 5) is 4.16. The number of hydrogen-bond acceptors (Lipinski definition) is 1. The summed E-state index contributed by atoms with van der Waals surface area (Å²) in [5.74, 6) is 0.967. The first kappa shape index (κ1) is 7.52. The van der Waals surface area contributed by atoms with Gasteiger partial charge in [-0.05, 0) is 39.0 Å². The fourth-order valence-electron chi connectivity index (χ4n) is 0.765. The minimum absolute atomic E-state index is 0.967. The van der Waals surface area contributed by atoms with Gasteiger partial charge in [-0.2, -0.15) is 0 Å².